The Morgan fingerprint density at radius 1 is 0.557 bits per heavy atom. The Morgan fingerprint density at radius 2 is 0.920 bits per heavy atom. The topological polar surface area (TPSA) is 213 Å². The summed E-state index contributed by atoms with van der Waals surface area (Å²) in [5.74, 6) is 3.89. The van der Waals surface area contributed by atoms with E-state index in [4.69, 9.17) is 44.5 Å². The number of nitrogens with zero attached hydrogens (tertiary/aromatic N) is 1. The van der Waals surface area contributed by atoms with Crippen LogP contribution < -0.4 is 0 Å². The van der Waals surface area contributed by atoms with Crippen LogP contribution in [0.2, 0.25) is 0 Å². The van der Waals surface area contributed by atoms with Gasteiger partial charge in [-0.1, -0.05) is 124 Å². The van der Waals surface area contributed by atoms with Crippen molar-refractivity contribution in [2.45, 2.75) is 166 Å². The summed E-state index contributed by atoms with van der Waals surface area (Å²) in [4.78, 5) is 58.7. The Hall–Kier alpha value is -7.30. The van der Waals surface area contributed by atoms with Gasteiger partial charge in [-0.2, -0.15) is 4.85 Å². The molecule has 470 valence electrons. The Kier molecular flexibility index (Phi) is 22.9. The van der Waals surface area contributed by atoms with E-state index in [0.717, 1.165) is 61.8 Å². The fourth-order valence-electron chi connectivity index (χ4n) is 13.3. The highest BCUT2D eigenvalue weighted by Crippen LogP contribution is 2.47. The maximum absolute atomic E-state index is 11.6. The van der Waals surface area contributed by atoms with Gasteiger partial charge in [0, 0.05) is 50.7 Å². The van der Waals surface area contributed by atoms with Crippen LogP contribution >= 0.6 is 0 Å². The Morgan fingerprint density at radius 3 is 1.28 bits per heavy atom. The van der Waals surface area contributed by atoms with Gasteiger partial charge in [0.1, 0.15) is 77.1 Å². The summed E-state index contributed by atoms with van der Waals surface area (Å²) in [5.41, 5.74) is 6.00. The maximum Gasteiger partial charge on any atom is 0.561 e. The minimum Gasteiger partial charge on any atom is -0.508 e. The van der Waals surface area contributed by atoms with E-state index in [0.29, 0.717) is 69.2 Å². The molecule has 12 rings (SSSR count). The number of amides is 1. The predicted octanol–water partition coefficient (Wildman–Crippen LogP) is 12.4. The van der Waals surface area contributed by atoms with Crippen molar-refractivity contribution in [1.82, 2.24) is 0 Å². The monoisotopic (exact) mass is 1210 g/mol. The van der Waals surface area contributed by atoms with Crippen molar-refractivity contribution in [2.75, 3.05) is 33.8 Å². The molecule has 6 unspecified atom stereocenters. The van der Waals surface area contributed by atoms with Crippen LogP contribution in [0.4, 0.5) is 4.79 Å². The zero-order chi connectivity index (χ0) is 63.1. The molecule has 4 saturated heterocycles. The van der Waals surface area contributed by atoms with E-state index in [1.54, 1.807) is 36.4 Å². The van der Waals surface area contributed by atoms with Gasteiger partial charge in [0.25, 0.3) is 0 Å². The molecule has 17 heteroatoms. The van der Waals surface area contributed by atoms with Gasteiger partial charge in [-0.3, -0.25) is 24.0 Å². The first kappa shape index (κ1) is 66.6. The highest BCUT2D eigenvalue weighted by molar-refractivity contribution is 5.92. The molecule has 17 nitrogen and oxygen atoms in total. The van der Waals surface area contributed by atoms with E-state index in [9.17, 15) is 34.2 Å². The minimum absolute atomic E-state index is 0.0517. The van der Waals surface area contributed by atoms with E-state index in [1.807, 2.05) is 24.3 Å². The summed E-state index contributed by atoms with van der Waals surface area (Å²) < 4.78 is 50.2. The van der Waals surface area contributed by atoms with Crippen molar-refractivity contribution in [1.29, 1.82) is 0 Å². The summed E-state index contributed by atoms with van der Waals surface area (Å²) in [6.07, 6.45) is 13.3. The predicted molar refractivity (Wildman–Crippen MR) is 327 cm³/mol. The van der Waals surface area contributed by atoms with Crippen molar-refractivity contribution >= 4 is 29.2 Å². The largest absolute Gasteiger partial charge is 0.561 e. The van der Waals surface area contributed by atoms with Crippen LogP contribution in [-0.4, -0.2) is 108 Å². The van der Waals surface area contributed by atoms with Crippen LogP contribution in [0.15, 0.2) is 133 Å². The Balaban J connectivity index is 0.000000146. The molecule has 88 heavy (non-hydrogen) atoms. The SMILES string of the molecule is CC(Cc1ccc(O)cc1)[C@]12CCC(=O)C=C1OCO2.CC(Cc1ccc(O)cc1)[C@]12CCC(=O)CC1OCO2.Cc1ccc(CC(C)[C@]23CCC(=O)C=C2OCO3)cc1.Cc1ccc(CC(C)[C@]23CCC(=O)CC2OCO3)cc1.[C-]#[N+]C(=O)OCC=C. The van der Waals surface area contributed by atoms with Gasteiger partial charge >= 0.3 is 6.09 Å². The molecule has 4 heterocycles. The average Bonchev–Trinajstić information content (AvgIpc) is 1.72. The van der Waals surface area contributed by atoms with Crippen LogP contribution in [0.25, 0.3) is 4.85 Å². The number of rotatable bonds is 14. The number of carbonyl (C=O) groups is 5. The zero-order valence-electron chi connectivity index (χ0n) is 51.6. The van der Waals surface area contributed by atoms with E-state index in [2.05, 4.69) is 106 Å². The standard InChI is InChI=1S/C17H22O3.C17H20O3.C16H20O4.C16H18O4.C5H5NO2/c2*1-12-3-5-14(6-4-12)9-13(2)17-8-7-15(18)10-16(17)19-11-20-17;2*1-11(8-12-2-4-13(17)5-3-12)16-7-6-14(18)9-15(16)19-10-20-16;1-3-4-8-5(7)6-2/h3-6,13,16H,7-11H2,1-2H3;3-6,10,13H,7-9,11H2,1-2H3;2-5,11,15,17H,6-10H2,1H3;2-5,9,11,17H,6-8,10H2,1H3;3H,1,4H2/t13?,16?,17-;13?,17-;11?,15?,16-;11?,16-;/m1111./s1. The first-order valence-electron chi connectivity index (χ1n) is 30.6. The Bertz CT molecular complexity index is 2970. The van der Waals surface area contributed by atoms with Crippen molar-refractivity contribution in [3.05, 3.63) is 178 Å². The zero-order valence-corrected chi connectivity index (χ0v) is 51.6. The third-order valence-corrected chi connectivity index (χ3v) is 18.6. The quantitative estimate of drug-likeness (QED) is 0.0887. The van der Waals surface area contributed by atoms with E-state index in [-0.39, 0.29) is 97.0 Å². The number of ether oxygens (including phenoxy) is 9. The second-order valence-electron chi connectivity index (χ2n) is 24.5. The van der Waals surface area contributed by atoms with Gasteiger partial charge < -0.3 is 52.8 Å². The van der Waals surface area contributed by atoms with Gasteiger partial charge in [0.2, 0.25) is 0 Å². The van der Waals surface area contributed by atoms with Gasteiger partial charge in [-0.15, -0.1) is 0 Å². The molecular weight excluding hydrogens is 1120 g/mol. The summed E-state index contributed by atoms with van der Waals surface area (Å²) in [6, 6.07) is 31.7. The van der Waals surface area contributed by atoms with Crippen LogP contribution in [0, 0.1) is 44.1 Å². The molecule has 4 aliphatic carbocycles. The number of fused-ring (bicyclic) bond motifs is 4. The number of aromatic hydroxyl groups is 2. The molecule has 6 fully saturated rings. The van der Waals surface area contributed by atoms with Crippen LogP contribution in [0.5, 0.6) is 11.5 Å². The lowest BCUT2D eigenvalue weighted by molar-refractivity contribution is -0.131. The number of allylic oxidation sites excluding steroid dienone is 2. The molecule has 1 amide bonds. The molecule has 4 aromatic rings. The lowest BCUT2D eigenvalue weighted by Crippen LogP contribution is -2.50. The fourth-order valence-corrected chi connectivity index (χ4v) is 13.3. The number of aryl methyl sites for hydroxylation is 2. The maximum atomic E-state index is 11.6. The number of ketones is 4. The number of hydrogen-bond acceptors (Lipinski definition) is 16. The lowest BCUT2D eigenvalue weighted by Gasteiger charge is -2.40. The number of Topliss-reactive ketones (excluding diaryl/α,β-unsaturated/α-hetero) is 2. The summed E-state index contributed by atoms with van der Waals surface area (Å²) >= 11 is 0. The van der Waals surface area contributed by atoms with Gasteiger partial charge in [0.15, 0.2) is 25.2 Å². The first-order valence-corrected chi connectivity index (χ1v) is 30.6. The molecule has 2 saturated carbocycles. The molecule has 4 aromatic carbocycles. The molecule has 0 radical (unpaired) electrons. The summed E-state index contributed by atoms with van der Waals surface area (Å²) in [7, 11) is 0. The van der Waals surface area contributed by atoms with Crippen molar-refractivity contribution in [2.24, 2.45) is 23.7 Å². The lowest BCUT2D eigenvalue weighted by atomic mass is 9.72. The van der Waals surface area contributed by atoms with Gasteiger partial charge in [0.05, 0.1) is 18.8 Å². The van der Waals surface area contributed by atoms with E-state index in [1.165, 1.54) is 28.3 Å². The summed E-state index contributed by atoms with van der Waals surface area (Å²) in [5, 5.41) is 18.7. The third-order valence-electron chi connectivity index (χ3n) is 18.6. The minimum atomic E-state index is -0.884. The van der Waals surface area contributed by atoms with Crippen molar-refractivity contribution in [3.63, 3.8) is 0 Å². The summed E-state index contributed by atoms with van der Waals surface area (Å²) in [6.45, 7) is 23.5. The van der Waals surface area contributed by atoms with E-state index >= 15 is 0 Å². The molecule has 0 aromatic heterocycles. The van der Waals surface area contributed by atoms with Crippen LogP contribution in [0.1, 0.15) is 125 Å². The smallest absolute Gasteiger partial charge is 0.508 e. The van der Waals surface area contributed by atoms with Crippen LogP contribution in [-0.2, 0) is 87.5 Å². The fraction of sp³-hybridized carbons (Fsp3) is 0.493. The molecular formula is C71H85NO16. The number of hydrogen-bond donors (Lipinski definition) is 2. The number of phenols is 2. The molecule has 4 aliphatic heterocycles. The van der Waals surface area contributed by atoms with E-state index < -0.39 is 17.3 Å². The third kappa shape index (κ3) is 16.3. The molecule has 2 N–H and O–H groups in total. The Labute approximate surface area is 517 Å². The number of benzene rings is 4. The number of carbonyl (C=O) groups excluding carboxylic acids is 5. The second kappa shape index (κ2) is 30.3. The average molecular weight is 1210 g/mol. The molecule has 0 bridgehead atoms. The normalized spacial score (nSPS) is 26.9. The second-order valence-corrected chi connectivity index (χ2v) is 24.5. The molecule has 10 atom stereocenters. The highest BCUT2D eigenvalue weighted by Gasteiger charge is 2.54. The van der Waals surface area contributed by atoms with Gasteiger partial charge in [-0.25, -0.2) is 0 Å². The first-order chi connectivity index (χ1) is 42.2. The molecule has 8 aliphatic rings. The number of phenolic OH excluding ortho intramolecular Hbond substituents is 2. The highest BCUT2D eigenvalue weighted by atomic mass is 16.7. The van der Waals surface area contributed by atoms with Crippen molar-refractivity contribution < 1.29 is 76.8 Å². The van der Waals surface area contributed by atoms with Gasteiger partial charge in [-0.05, 0) is 135 Å². The van der Waals surface area contributed by atoms with Crippen LogP contribution in [0.3, 0.4) is 0 Å². The van der Waals surface area contributed by atoms with Crippen molar-refractivity contribution in [3.8, 4) is 11.5 Å². The molecule has 0 spiro atoms.